The number of nitrogens with two attached hydrogens (primary N) is 1. The molecule has 1 rings (SSSR count). The first-order valence-corrected chi connectivity index (χ1v) is 4.95. The highest BCUT2D eigenvalue weighted by atomic mass is 16.2. The summed E-state index contributed by atoms with van der Waals surface area (Å²) in [5.41, 5.74) is 7.87. The van der Waals surface area contributed by atoms with Crippen molar-refractivity contribution < 1.29 is 4.79 Å². The molecule has 4 heteroatoms. The molecular weight excluding hydrogens is 202 g/mol. The molecule has 4 nitrogen and oxygen atoms in total. The van der Waals surface area contributed by atoms with E-state index in [9.17, 15) is 4.79 Å². The van der Waals surface area contributed by atoms with Crippen molar-refractivity contribution in [1.82, 2.24) is 5.32 Å². The van der Waals surface area contributed by atoms with Gasteiger partial charge in [0, 0.05) is 18.3 Å². The van der Waals surface area contributed by atoms with Crippen LogP contribution in [0.1, 0.15) is 11.1 Å². The highest BCUT2D eigenvalue weighted by Gasteiger charge is 2.02. The van der Waals surface area contributed by atoms with E-state index in [1.165, 1.54) is 0 Å². The van der Waals surface area contributed by atoms with Gasteiger partial charge < -0.3 is 16.4 Å². The summed E-state index contributed by atoms with van der Waals surface area (Å²) >= 11 is 0. The maximum atomic E-state index is 11.2. The minimum Gasteiger partial charge on any atom is -0.341 e. The van der Waals surface area contributed by atoms with Gasteiger partial charge in [-0.15, -0.1) is 0 Å². The zero-order valence-corrected chi connectivity index (χ0v) is 9.42. The summed E-state index contributed by atoms with van der Waals surface area (Å²) in [4.78, 5) is 11.2. The molecule has 0 unspecified atom stereocenters. The molecule has 0 aliphatic heterocycles. The van der Waals surface area contributed by atoms with E-state index in [2.05, 4.69) is 22.5 Å². The number of amides is 2. The van der Waals surface area contributed by atoms with Gasteiger partial charge >= 0.3 is 6.03 Å². The first kappa shape index (κ1) is 12.1. The number of benzene rings is 1. The van der Waals surface area contributed by atoms with Crippen molar-refractivity contribution in [2.75, 3.05) is 18.9 Å². The van der Waals surface area contributed by atoms with E-state index < -0.39 is 0 Å². The molecule has 0 aromatic heterocycles. The predicted octanol–water partition coefficient (Wildman–Crippen LogP) is 1.06. The van der Waals surface area contributed by atoms with Crippen LogP contribution in [0.5, 0.6) is 0 Å². The Hall–Kier alpha value is -1.99. The Morgan fingerprint density at radius 2 is 2.25 bits per heavy atom. The van der Waals surface area contributed by atoms with Gasteiger partial charge in [0.1, 0.15) is 0 Å². The van der Waals surface area contributed by atoms with E-state index in [4.69, 9.17) is 5.73 Å². The van der Waals surface area contributed by atoms with Crippen molar-refractivity contribution in [2.24, 2.45) is 5.73 Å². The van der Waals surface area contributed by atoms with Crippen LogP contribution in [0.15, 0.2) is 18.2 Å². The molecule has 0 atom stereocenters. The van der Waals surface area contributed by atoms with Crippen LogP contribution in [-0.4, -0.2) is 19.6 Å². The van der Waals surface area contributed by atoms with Crippen LogP contribution in [0, 0.1) is 18.8 Å². The van der Waals surface area contributed by atoms with Crippen molar-refractivity contribution >= 4 is 11.7 Å². The van der Waals surface area contributed by atoms with Gasteiger partial charge in [-0.3, -0.25) is 0 Å². The Labute approximate surface area is 95.2 Å². The summed E-state index contributed by atoms with van der Waals surface area (Å²) in [6.07, 6.45) is 0. The normalized spacial score (nSPS) is 8.94. The number of nitrogens with one attached hydrogen (secondary N) is 2. The Morgan fingerprint density at radius 3 is 2.88 bits per heavy atom. The predicted molar refractivity (Wildman–Crippen MR) is 65.2 cm³/mol. The third kappa shape index (κ3) is 3.30. The summed E-state index contributed by atoms with van der Waals surface area (Å²) in [6.45, 7) is 2.25. The molecule has 1 aromatic carbocycles. The van der Waals surface area contributed by atoms with Crippen molar-refractivity contribution in [3.05, 3.63) is 29.3 Å². The van der Waals surface area contributed by atoms with Gasteiger partial charge in [0.25, 0.3) is 0 Å². The van der Waals surface area contributed by atoms with E-state index in [0.717, 1.165) is 16.8 Å². The Balaban J connectivity index is 2.94. The second-order valence-corrected chi connectivity index (χ2v) is 3.24. The van der Waals surface area contributed by atoms with Crippen LogP contribution >= 0.6 is 0 Å². The lowest BCUT2D eigenvalue weighted by molar-refractivity contribution is 0.254. The summed E-state index contributed by atoms with van der Waals surface area (Å²) in [5, 5.41) is 5.22. The molecule has 0 aliphatic carbocycles. The molecule has 4 N–H and O–H groups in total. The van der Waals surface area contributed by atoms with E-state index >= 15 is 0 Å². The third-order valence-electron chi connectivity index (χ3n) is 2.05. The molecule has 0 saturated carbocycles. The maximum absolute atomic E-state index is 11.2. The number of hydrogen-bond donors (Lipinski definition) is 3. The highest BCUT2D eigenvalue weighted by molar-refractivity contribution is 5.90. The van der Waals surface area contributed by atoms with Gasteiger partial charge in [-0.25, -0.2) is 4.79 Å². The molecule has 0 saturated heterocycles. The van der Waals surface area contributed by atoms with Crippen LogP contribution in [0.25, 0.3) is 0 Å². The molecular formula is C12H15N3O. The van der Waals surface area contributed by atoms with Crippen LogP contribution in [0.2, 0.25) is 0 Å². The minimum atomic E-state index is -0.243. The smallest absolute Gasteiger partial charge is 0.318 e. The fraction of sp³-hybridized carbons (Fsp3) is 0.250. The SMILES string of the molecule is CNC(=O)Nc1cc(C#CCN)ccc1C. The lowest BCUT2D eigenvalue weighted by Gasteiger charge is -2.07. The highest BCUT2D eigenvalue weighted by Crippen LogP contribution is 2.16. The monoisotopic (exact) mass is 217 g/mol. The Bertz CT molecular complexity index is 443. The molecule has 84 valence electrons. The quantitative estimate of drug-likeness (QED) is 0.616. The summed E-state index contributed by atoms with van der Waals surface area (Å²) in [5.74, 6) is 5.68. The van der Waals surface area contributed by atoms with Gasteiger partial charge in [0.15, 0.2) is 0 Å². The molecule has 0 fully saturated rings. The molecule has 16 heavy (non-hydrogen) atoms. The van der Waals surface area contributed by atoms with E-state index in [0.29, 0.717) is 6.54 Å². The molecule has 0 radical (unpaired) electrons. The molecule has 0 aliphatic rings. The van der Waals surface area contributed by atoms with Gasteiger partial charge in [-0.1, -0.05) is 17.9 Å². The van der Waals surface area contributed by atoms with Crippen molar-refractivity contribution in [1.29, 1.82) is 0 Å². The Morgan fingerprint density at radius 1 is 1.50 bits per heavy atom. The number of rotatable bonds is 1. The number of hydrogen-bond acceptors (Lipinski definition) is 2. The van der Waals surface area contributed by atoms with Crippen molar-refractivity contribution in [3.63, 3.8) is 0 Å². The number of urea groups is 1. The topological polar surface area (TPSA) is 67.2 Å². The molecule has 0 bridgehead atoms. The second kappa shape index (κ2) is 5.79. The molecule has 0 heterocycles. The molecule has 1 aromatic rings. The van der Waals surface area contributed by atoms with Gasteiger partial charge in [0.05, 0.1) is 6.54 Å². The van der Waals surface area contributed by atoms with E-state index in [1.807, 2.05) is 25.1 Å². The van der Waals surface area contributed by atoms with E-state index in [-0.39, 0.29) is 6.03 Å². The van der Waals surface area contributed by atoms with Gasteiger partial charge in [-0.2, -0.15) is 0 Å². The average Bonchev–Trinajstić information content (AvgIpc) is 2.30. The second-order valence-electron chi connectivity index (χ2n) is 3.24. The summed E-state index contributed by atoms with van der Waals surface area (Å²) in [6, 6.07) is 5.39. The third-order valence-corrected chi connectivity index (χ3v) is 2.05. The minimum absolute atomic E-state index is 0.243. The van der Waals surface area contributed by atoms with E-state index in [1.54, 1.807) is 7.05 Å². The number of anilines is 1. The fourth-order valence-electron chi connectivity index (χ4n) is 1.17. The number of carbonyl (C=O) groups excluding carboxylic acids is 1. The average molecular weight is 217 g/mol. The standard InChI is InChI=1S/C12H15N3O/c1-9-5-6-10(4-3-7-13)8-11(9)15-12(16)14-2/h5-6,8H,7,13H2,1-2H3,(H2,14,15,16). The fourth-order valence-corrected chi connectivity index (χ4v) is 1.17. The van der Waals surface area contributed by atoms with Crippen molar-refractivity contribution in [2.45, 2.75) is 6.92 Å². The van der Waals surface area contributed by atoms with Gasteiger partial charge in [0.2, 0.25) is 0 Å². The Kier molecular flexibility index (Phi) is 4.37. The number of carbonyl (C=O) groups is 1. The first-order valence-electron chi connectivity index (χ1n) is 4.95. The van der Waals surface area contributed by atoms with Crippen molar-refractivity contribution in [3.8, 4) is 11.8 Å². The summed E-state index contributed by atoms with van der Waals surface area (Å²) in [7, 11) is 1.57. The largest absolute Gasteiger partial charge is 0.341 e. The molecule has 2 amide bonds. The summed E-state index contributed by atoms with van der Waals surface area (Å²) < 4.78 is 0. The first-order chi connectivity index (χ1) is 7.67. The lowest BCUT2D eigenvalue weighted by Crippen LogP contribution is -2.24. The maximum Gasteiger partial charge on any atom is 0.318 e. The zero-order chi connectivity index (χ0) is 12.0. The van der Waals surface area contributed by atoms with Crippen LogP contribution < -0.4 is 16.4 Å². The zero-order valence-electron chi connectivity index (χ0n) is 9.42. The van der Waals surface area contributed by atoms with Gasteiger partial charge in [-0.05, 0) is 24.6 Å². The molecule has 0 spiro atoms. The lowest BCUT2D eigenvalue weighted by atomic mass is 10.1. The van der Waals surface area contributed by atoms with Crippen LogP contribution in [-0.2, 0) is 0 Å². The van der Waals surface area contributed by atoms with Crippen LogP contribution in [0.3, 0.4) is 0 Å². The number of aryl methyl sites for hydroxylation is 1. The van der Waals surface area contributed by atoms with Crippen LogP contribution in [0.4, 0.5) is 10.5 Å².